The number of anilines is 1. The number of carbonyl (C=O) groups excluding carboxylic acids is 1. The third kappa shape index (κ3) is 3.79. The zero-order chi connectivity index (χ0) is 17.2. The molecular formula is C17H24N2O4S. The molecule has 2 saturated heterocycles. The van der Waals surface area contributed by atoms with Gasteiger partial charge in [-0.1, -0.05) is 6.92 Å². The Kier molecular flexibility index (Phi) is 5.22. The fraction of sp³-hybridized carbons (Fsp3) is 0.588. The van der Waals surface area contributed by atoms with Crippen molar-refractivity contribution in [2.45, 2.75) is 43.6 Å². The number of piperidine rings is 1. The Morgan fingerprint density at radius 3 is 2.42 bits per heavy atom. The van der Waals surface area contributed by atoms with Gasteiger partial charge in [0.15, 0.2) is 0 Å². The van der Waals surface area contributed by atoms with E-state index in [0.717, 1.165) is 25.7 Å². The molecule has 2 aliphatic heterocycles. The van der Waals surface area contributed by atoms with E-state index in [1.165, 1.54) is 0 Å². The van der Waals surface area contributed by atoms with Gasteiger partial charge in [0.1, 0.15) is 6.10 Å². The summed E-state index contributed by atoms with van der Waals surface area (Å²) in [6.45, 7) is 3.90. The molecule has 1 atom stereocenters. The van der Waals surface area contributed by atoms with E-state index in [9.17, 15) is 13.2 Å². The maximum absolute atomic E-state index is 12.7. The first-order valence-electron chi connectivity index (χ1n) is 8.49. The fourth-order valence-corrected chi connectivity index (χ4v) is 4.56. The molecule has 1 amide bonds. The minimum absolute atomic E-state index is 0.173. The van der Waals surface area contributed by atoms with E-state index >= 15 is 0 Å². The highest BCUT2D eigenvalue weighted by Gasteiger charge is 2.28. The van der Waals surface area contributed by atoms with Gasteiger partial charge in [-0.15, -0.1) is 0 Å². The summed E-state index contributed by atoms with van der Waals surface area (Å²) in [5, 5.41) is 2.78. The third-order valence-electron chi connectivity index (χ3n) is 4.72. The van der Waals surface area contributed by atoms with Crippen molar-refractivity contribution in [3.63, 3.8) is 0 Å². The van der Waals surface area contributed by atoms with E-state index in [1.807, 2.05) is 0 Å². The van der Waals surface area contributed by atoms with Gasteiger partial charge in [-0.05, 0) is 55.9 Å². The van der Waals surface area contributed by atoms with E-state index in [-0.39, 0.29) is 10.8 Å². The van der Waals surface area contributed by atoms with Crippen LogP contribution in [0.5, 0.6) is 0 Å². The Morgan fingerprint density at radius 2 is 1.83 bits per heavy atom. The summed E-state index contributed by atoms with van der Waals surface area (Å²) in [4.78, 5) is 12.3. The van der Waals surface area contributed by atoms with Crippen molar-refractivity contribution in [1.29, 1.82) is 0 Å². The van der Waals surface area contributed by atoms with Crippen molar-refractivity contribution >= 4 is 21.6 Å². The summed E-state index contributed by atoms with van der Waals surface area (Å²) < 4.78 is 32.2. The van der Waals surface area contributed by atoms with Gasteiger partial charge in [0, 0.05) is 25.4 Å². The molecule has 0 aromatic heterocycles. The van der Waals surface area contributed by atoms with Gasteiger partial charge in [-0.25, -0.2) is 8.42 Å². The molecule has 24 heavy (non-hydrogen) atoms. The molecule has 0 bridgehead atoms. The number of hydrogen-bond donors (Lipinski definition) is 1. The van der Waals surface area contributed by atoms with Crippen molar-refractivity contribution in [2.75, 3.05) is 25.0 Å². The second-order valence-corrected chi connectivity index (χ2v) is 8.54. The molecule has 1 N–H and O–H groups in total. The molecule has 2 heterocycles. The van der Waals surface area contributed by atoms with Crippen molar-refractivity contribution < 1.29 is 17.9 Å². The van der Waals surface area contributed by atoms with Crippen LogP contribution in [0, 0.1) is 5.92 Å². The summed E-state index contributed by atoms with van der Waals surface area (Å²) in [5.74, 6) is 0.403. The Morgan fingerprint density at radius 1 is 1.17 bits per heavy atom. The molecule has 2 fully saturated rings. The van der Waals surface area contributed by atoms with Crippen LogP contribution in [-0.4, -0.2) is 44.4 Å². The topological polar surface area (TPSA) is 75.7 Å². The predicted molar refractivity (Wildman–Crippen MR) is 91.2 cm³/mol. The normalized spacial score (nSPS) is 23.3. The van der Waals surface area contributed by atoms with Crippen LogP contribution >= 0.6 is 0 Å². The molecule has 0 unspecified atom stereocenters. The van der Waals surface area contributed by atoms with Gasteiger partial charge in [0.2, 0.25) is 10.0 Å². The van der Waals surface area contributed by atoms with E-state index in [0.29, 0.717) is 31.3 Å². The van der Waals surface area contributed by atoms with E-state index in [1.54, 1.807) is 28.6 Å². The highest BCUT2D eigenvalue weighted by molar-refractivity contribution is 7.89. The monoisotopic (exact) mass is 352 g/mol. The average molecular weight is 352 g/mol. The summed E-state index contributed by atoms with van der Waals surface area (Å²) in [6, 6.07) is 6.37. The SMILES string of the molecule is CC1CCN(S(=O)(=O)c2ccc(NC(=O)[C@@H]3CCCO3)cc2)CC1. The summed E-state index contributed by atoms with van der Waals surface area (Å²) >= 11 is 0. The minimum Gasteiger partial charge on any atom is -0.368 e. The van der Waals surface area contributed by atoms with Crippen molar-refractivity contribution in [3.05, 3.63) is 24.3 Å². The minimum atomic E-state index is -3.45. The van der Waals surface area contributed by atoms with Gasteiger partial charge in [0.25, 0.3) is 5.91 Å². The van der Waals surface area contributed by atoms with E-state index < -0.39 is 16.1 Å². The zero-order valence-electron chi connectivity index (χ0n) is 13.9. The third-order valence-corrected chi connectivity index (χ3v) is 6.64. The van der Waals surface area contributed by atoms with Crippen LogP contribution in [0.1, 0.15) is 32.6 Å². The molecule has 1 aromatic carbocycles. The van der Waals surface area contributed by atoms with Crippen LogP contribution in [0.15, 0.2) is 29.2 Å². The number of hydrogen-bond acceptors (Lipinski definition) is 4. The molecule has 0 radical (unpaired) electrons. The van der Waals surface area contributed by atoms with E-state index in [4.69, 9.17) is 4.74 Å². The number of ether oxygens (including phenoxy) is 1. The fourth-order valence-electron chi connectivity index (χ4n) is 3.09. The molecule has 2 aliphatic rings. The van der Waals surface area contributed by atoms with Crippen LogP contribution < -0.4 is 5.32 Å². The lowest BCUT2D eigenvalue weighted by atomic mass is 10.0. The summed E-state index contributed by atoms with van der Waals surface area (Å²) in [6.07, 6.45) is 3.02. The number of carbonyl (C=O) groups is 1. The quantitative estimate of drug-likeness (QED) is 0.901. The van der Waals surface area contributed by atoms with Crippen molar-refractivity contribution in [1.82, 2.24) is 4.31 Å². The van der Waals surface area contributed by atoms with Gasteiger partial charge < -0.3 is 10.1 Å². The van der Waals surface area contributed by atoms with Crippen LogP contribution in [0.3, 0.4) is 0 Å². The van der Waals surface area contributed by atoms with Crippen LogP contribution in [-0.2, 0) is 19.6 Å². The number of amides is 1. The lowest BCUT2D eigenvalue weighted by Crippen LogP contribution is -2.37. The average Bonchev–Trinajstić information content (AvgIpc) is 3.10. The molecule has 0 spiro atoms. The maximum atomic E-state index is 12.7. The first kappa shape index (κ1) is 17.4. The van der Waals surface area contributed by atoms with Crippen LogP contribution in [0.25, 0.3) is 0 Å². The van der Waals surface area contributed by atoms with Crippen LogP contribution in [0.4, 0.5) is 5.69 Å². The molecule has 0 saturated carbocycles. The van der Waals surface area contributed by atoms with Crippen molar-refractivity contribution in [2.24, 2.45) is 5.92 Å². The number of nitrogens with zero attached hydrogens (tertiary/aromatic N) is 1. The molecular weight excluding hydrogens is 328 g/mol. The summed E-state index contributed by atoms with van der Waals surface area (Å²) in [5.41, 5.74) is 0.585. The molecule has 7 heteroatoms. The lowest BCUT2D eigenvalue weighted by Gasteiger charge is -2.29. The smallest absolute Gasteiger partial charge is 0.253 e. The molecule has 1 aromatic rings. The Labute approximate surface area is 143 Å². The van der Waals surface area contributed by atoms with Crippen LogP contribution in [0.2, 0.25) is 0 Å². The standard InChI is InChI=1S/C17H24N2O4S/c1-13-8-10-19(11-9-13)24(21,22)15-6-4-14(5-7-15)18-17(20)16-3-2-12-23-16/h4-7,13,16H,2-3,8-12H2,1H3,(H,18,20)/t16-/m0/s1. The van der Waals surface area contributed by atoms with Gasteiger partial charge >= 0.3 is 0 Å². The molecule has 3 rings (SSSR count). The Bertz CT molecular complexity index is 673. The van der Waals surface area contributed by atoms with Gasteiger partial charge in [-0.3, -0.25) is 4.79 Å². The number of sulfonamides is 1. The van der Waals surface area contributed by atoms with Gasteiger partial charge in [0.05, 0.1) is 4.90 Å². The molecule has 132 valence electrons. The number of nitrogens with one attached hydrogen (secondary N) is 1. The Balaban J connectivity index is 1.66. The van der Waals surface area contributed by atoms with Crippen molar-refractivity contribution in [3.8, 4) is 0 Å². The first-order valence-corrected chi connectivity index (χ1v) is 9.93. The van der Waals surface area contributed by atoms with E-state index in [2.05, 4.69) is 12.2 Å². The molecule has 6 nitrogen and oxygen atoms in total. The largest absolute Gasteiger partial charge is 0.368 e. The lowest BCUT2D eigenvalue weighted by molar-refractivity contribution is -0.124. The predicted octanol–water partition coefficient (Wildman–Crippen LogP) is 2.22. The second-order valence-electron chi connectivity index (χ2n) is 6.60. The highest BCUT2D eigenvalue weighted by atomic mass is 32.2. The first-order chi connectivity index (χ1) is 11.5. The van der Waals surface area contributed by atoms with Gasteiger partial charge in [-0.2, -0.15) is 4.31 Å². The molecule has 0 aliphatic carbocycles. The maximum Gasteiger partial charge on any atom is 0.253 e. The highest BCUT2D eigenvalue weighted by Crippen LogP contribution is 2.24. The number of rotatable bonds is 4. The Hall–Kier alpha value is -1.44. The second kappa shape index (κ2) is 7.21. The summed E-state index contributed by atoms with van der Waals surface area (Å²) in [7, 11) is -3.45. The number of benzene rings is 1. The zero-order valence-corrected chi connectivity index (χ0v) is 14.7.